The molecule has 1 aromatic carbocycles. The van der Waals surface area contributed by atoms with Gasteiger partial charge in [-0.15, -0.1) is 0 Å². The van der Waals surface area contributed by atoms with Crippen LogP contribution in [0.25, 0.3) is 0 Å². The number of hydrogen-bond acceptors (Lipinski definition) is 3. The lowest BCUT2D eigenvalue weighted by molar-refractivity contribution is -0.0431. The summed E-state index contributed by atoms with van der Waals surface area (Å²) in [5.41, 5.74) is 1.11. The number of anilines is 1. The van der Waals surface area contributed by atoms with Crippen molar-refractivity contribution in [2.45, 2.75) is 51.9 Å². The summed E-state index contributed by atoms with van der Waals surface area (Å²) >= 11 is 0. The van der Waals surface area contributed by atoms with Gasteiger partial charge in [0, 0.05) is 31.6 Å². The first kappa shape index (κ1) is 11.7. The lowest BCUT2D eigenvalue weighted by atomic mass is 10.1. The Kier molecular flexibility index (Phi) is 2.65. The molecule has 18 heavy (non-hydrogen) atoms. The van der Waals surface area contributed by atoms with E-state index < -0.39 is 5.79 Å². The summed E-state index contributed by atoms with van der Waals surface area (Å²) in [6.45, 7) is 6.10. The van der Waals surface area contributed by atoms with Crippen molar-refractivity contribution in [3.8, 4) is 11.5 Å². The predicted octanol–water partition coefficient (Wildman–Crippen LogP) is 3.79. The third-order valence-electron chi connectivity index (χ3n) is 3.45. The van der Waals surface area contributed by atoms with Crippen molar-refractivity contribution < 1.29 is 9.47 Å². The van der Waals surface area contributed by atoms with Crippen molar-refractivity contribution in [2.24, 2.45) is 5.92 Å². The molecule has 1 aliphatic carbocycles. The zero-order valence-electron chi connectivity index (χ0n) is 11.3. The minimum Gasteiger partial charge on any atom is -0.449 e. The molecular weight excluding hydrogens is 226 g/mol. The van der Waals surface area contributed by atoms with E-state index in [2.05, 4.69) is 18.3 Å². The number of ether oxygens (including phenoxy) is 2. The first-order chi connectivity index (χ1) is 8.52. The molecule has 2 aliphatic rings. The van der Waals surface area contributed by atoms with Crippen LogP contribution >= 0.6 is 0 Å². The molecule has 1 aliphatic heterocycles. The Bertz CT molecular complexity index is 452. The predicted molar refractivity (Wildman–Crippen MR) is 72.2 cm³/mol. The molecule has 1 N–H and O–H groups in total. The molecule has 1 saturated carbocycles. The van der Waals surface area contributed by atoms with E-state index in [0.29, 0.717) is 6.04 Å². The summed E-state index contributed by atoms with van der Waals surface area (Å²) in [7, 11) is 0. The van der Waals surface area contributed by atoms with Crippen LogP contribution in [0.1, 0.15) is 40.0 Å². The van der Waals surface area contributed by atoms with Gasteiger partial charge in [-0.25, -0.2) is 0 Å². The van der Waals surface area contributed by atoms with Crippen molar-refractivity contribution in [3.63, 3.8) is 0 Å². The van der Waals surface area contributed by atoms with Crippen LogP contribution in [0.3, 0.4) is 0 Å². The lowest BCUT2D eigenvalue weighted by Crippen LogP contribution is -2.29. The van der Waals surface area contributed by atoms with E-state index in [1.54, 1.807) is 0 Å². The van der Waals surface area contributed by atoms with E-state index in [4.69, 9.17) is 9.47 Å². The summed E-state index contributed by atoms with van der Waals surface area (Å²) in [5.74, 6) is 2.07. The van der Waals surface area contributed by atoms with Crippen LogP contribution in [-0.4, -0.2) is 11.8 Å². The van der Waals surface area contributed by atoms with Crippen LogP contribution in [0.5, 0.6) is 11.5 Å². The SMILES string of the molecule is CC(CC1CC1)Nc1ccc2c(c1)OC(C)(C)O2. The van der Waals surface area contributed by atoms with E-state index in [0.717, 1.165) is 23.1 Å². The van der Waals surface area contributed by atoms with E-state index in [1.165, 1.54) is 19.3 Å². The maximum atomic E-state index is 5.75. The van der Waals surface area contributed by atoms with Gasteiger partial charge in [0.1, 0.15) is 0 Å². The first-order valence-electron chi connectivity index (χ1n) is 6.80. The zero-order valence-corrected chi connectivity index (χ0v) is 11.3. The van der Waals surface area contributed by atoms with Crippen molar-refractivity contribution in [1.29, 1.82) is 0 Å². The maximum absolute atomic E-state index is 5.75. The summed E-state index contributed by atoms with van der Waals surface area (Å²) in [6.07, 6.45) is 4.07. The second-order valence-electron chi connectivity index (χ2n) is 5.99. The quantitative estimate of drug-likeness (QED) is 0.878. The van der Waals surface area contributed by atoms with Gasteiger partial charge in [0.2, 0.25) is 5.79 Å². The third kappa shape index (κ3) is 2.55. The largest absolute Gasteiger partial charge is 0.449 e. The highest BCUT2D eigenvalue weighted by molar-refractivity contribution is 5.56. The number of fused-ring (bicyclic) bond motifs is 1. The fourth-order valence-electron chi connectivity index (χ4n) is 2.51. The average molecular weight is 247 g/mol. The van der Waals surface area contributed by atoms with Crippen molar-refractivity contribution in [2.75, 3.05) is 5.32 Å². The lowest BCUT2D eigenvalue weighted by Gasteiger charge is -2.16. The number of benzene rings is 1. The maximum Gasteiger partial charge on any atom is 0.246 e. The van der Waals surface area contributed by atoms with Crippen LogP contribution in [-0.2, 0) is 0 Å². The van der Waals surface area contributed by atoms with E-state index >= 15 is 0 Å². The fourth-order valence-corrected chi connectivity index (χ4v) is 2.51. The van der Waals surface area contributed by atoms with E-state index in [1.807, 2.05) is 26.0 Å². The molecule has 0 saturated heterocycles. The van der Waals surface area contributed by atoms with Crippen LogP contribution in [0.4, 0.5) is 5.69 Å². The topological polar surface area (TPSA) is 30.5 Å². The van der Waals surface area contributed by atoms with E-state index in [9.17, 15) is 0 Å². The Morgan fingerprint density at radius 3 is 2.72 bits per heavy atom. The minimum atomic E-state index is -0.541. The standard InChI is InChI=1S/C15H21NO2/c1-10(8-11-4-5-11)16-12-6-7-13-14(9-12)18-15(2,3)17-13/h6-7,9-11,16H,4-5,8H2,1-3H3. The van der Waals surface area contributed by atoms with Crippen LogP contribution in [0.15, 0.2) is 18.2 Å². The van der Waals surface area contributed by atoms with Crippen molar-refractivity contribution in [1.82, 2.24) is 0 Å². The molecule has 3 rings (SSSR count). The number of nitrogens with one attached hydrogen (secondary N) is 1. The Hall–Kier alpha value is -1.38. The number of hydrogen-bond donors (Lipinski definition) is 1. The van der Waals surface area contributed by atoms with Gasteiger partial charge in [0.05, 0.1) is 0 Å². The monoisotopic (exact) mass is 247 g/mol. The first-order valence-corrected chi connectivity index (χ1v) is 6.80. The molecule has 98 valence electrons. The molecule has 1 atom stereocenters. The average Bonchev–Trinajstić information content (AvgIpc) is 2.99. The van der Waals surface area contributed by atoms with Gasteiger partial charge in [0.15, 0.2) is 11.5 Å². The summed E-state index contributed by atoms with van der Waals surface area (Å²) < 4.78 is 11.4. The molecule has 0 aromatic heterocycles. The smallest absolute Gasteiger partial charge is 0.246 e. The van der Waals surface area contributed by atoms with Gasteiger partial charge in [-0.1, -0.05) is 12.8 Å². The molecule has 0 spiro atoms. The number of rotatable bonds is 4. The van der Waals surface area contributed by atoms with Gasteiger partial charge in [0.25, 0.3) is 0 Å². The highest BCUT2D eigenvalue weighted by atomic mass is 16.7. The molecular formula is C15H21NO2. The highest BCUT2D eigenvalue weighted by Crippen LogP contribution is 2.41. The van der Waals surface area contributed by atoms with Gasteiger partial charge < -0.3 is 14.8 Å². The fraction of sp³-hybridized carbons (Fsp3) is 0.600. The van der Waals surface area contributed by atoms with Crippen molar-refractivity contribution >= 4 is 5.69 Å². The molecule has 1 heterocycles. The van der Waals surface area contributed by atoms with Crippen LogP contribution < -0.4 is 14.8 Å². The Morgan fingerprint density at radius 1 is 1.28 bits per heavy atom. The molecule has 1 fully saturated rings. The van der Waals surface area contributed by atoms with Crippen LogP contribution in [0.2, 0.25) is 0 Å². The second-order valence-corrected chi connectivity index (χ2v) is 5.99. The van der Waals surface area contributed by atoms with Crippen LogP contribution in [0, 0.1) is 5.92 Å². The third-order valence-corrected chi connectivity index (χ3v) is 3.45. The Labute approximate surface area is 108 Å². The normalized spacial score (nSPS) is 21.7. The molecule has 1 unspecified atom stereocenters. The van der Waals surface area contributed by atoms with Gasteiger partial charge in [-0.3, -0.25) is 0 Å². The molecule has 0 radical (unpaired) electrons. The summed E-state index contributed by atoms with van der Waals surface area (Å²) in [4.78, 5) is 0. The van der Waals surface area contributed by atoms with E-state index in [-0.39, 0.29) is 0 Å². The Morgan fingerprint density at radius 2 is 2.00 bits per heavy atom. The summed E-state index contributed by atoms with van der Waals surface area (Å²) in [6, 6.07) is 6.60. The molecule has 0 bridgehead atoms. The highest BCUT2D eigenvalue weighted by Gasteiger charge is 2.31. The van der Waals surface area contributed by atoms with Gasteiger partial charge in [-0.05, 0) is 31.4 Å². The Balaban J connectivity index is 1.67. The minimum absolute atomic E-state index is 0.519. The van der Waals surface area contributed by atoms with Crippen molar-refractivity contribution in [3.05, 3.63) is 18.2 Å². The molecule has 3 nitrogen and oxygen atoms in total. The molecule has 3 heteroatoms. The second kappa shape index (κ2) is 4.08. The molecule has 1 aromatic rings. The molecule has 0 amide bonds. The van der Waals surface area contributed by atoms with Gasteiger partial charge in [-0.2, -0.15) is 0 Å². The van der Waals surface area contributed by atoms with Gasteiger partial charge >= 0.3 is 0 Å². The zero-order chi connectivity index (χ0) is 12.8. The summed E-state index contributed by atoms with van der Waals surface area (Å²) in [5, 5.41) is 3.53.